The number of aliphatic hydroxyl groups is 1. The first-order valence-corrected chi connectivity index (χ1v) is 12.6. The molecule has 0 spiro atoms. The van der Waals surface area contributed by atoms with Crippen LogP contribution < -0.4 is 0 Å². The second-order valence-corrected chi connectivity index (χ2v) is 12.8. The van der Waals surface area contributed by atoms with Crippen LogP contribution in [0.2, 0.25) is 0 Å². The lowest BCUT2D eigenvalue weighted by molar-refractivity contribution is -0.167. The second-order valence-electron chi connectivity index (χ2n) is 12.8. The molecule has 1 aliphatic heterocycles. The zero-order valence-corrected chi connectivity index (χ0v) is 20.4. The topological polar surface area (TPSA) is 55.8 Å². The summed E-state index contributed by atoms with van der Waals surface area (Å²) >= 11 is 0. The predicted molar refractivity (Wildman–Crippen MR) is 120 cm³/mol. The van der Waals surface area contributed by atoms with Crippen LogP contribution in [0.15, 0.2) is 11.6 Å². The van der Waals surface area contributed by atoms with Crippen LogP contribution in [0.1, 0.15) is 86.0 Å². The maximum atomic E-state index is 12.1. The second kappa shape index (κ2) is 6.82. The fourth-order valence-electron chi connectivity index (χ4n) is 9.54. The van der Waals surface area contributed by atoms with E-state index in [0.29, 0.717) is 24.2 Å². The summed E-state index contributed by atoms with van der Waals surface area (Å²) in [5.41, 5.74) is 2.31. The van der Waals surface area contributed by atoms with Crippen molar-refractivity contribution in [2.45, 2.75) is 98.4 Å². The van der Waals surface area contributed by atoms with E-state index in [9.17, 15) is 9.90 Å². The Bertz CT molecular complexity index is 801. The van der Waals surface area contributed by atoms with E-state index in [2.05, 4.69) is 40.7 Å². The Morgan fingerprint density at radius 1 is 1.06 bits per heavy atom. The zero-order chi connectivity index (χ0) is 22.4. The van der Waals surface area contributed by atoms with Gasteiger partial charge in [0.15, 0.2) is 0 Å². The van der Waals surface area contributed by atoms with Gasteiger partial charge in [0.1, 0.15) is 0 Å². The number of carbonyl (C=O) groups excluding carboxylic acids is 1. The SMILES string of the molecule is CO[C@H]1OC(=O)CC1[C@@H]1CC[C@]2(C)C3=CC[C@H]4C(C)(C)[C@H](O)CC[C@]4(C)C3CC[C@@]12C. The minimum absolute atomic E-state index is 0.0257. The molecule has 5 aliphatic rings. The monoisotopic (exact) mass is 430 g/mol. The summed E-state index contributed by atoms with van der Waals surface area (Å²) in [6.07, 6.45) is 10.5. The Morgan fingerprint density at radius 2 is 1.81 bits per heavy atom. The maximum absolute atomic E-state index is 12.1. The summed E-state index contributed by atoms with van der Waals surface area (Å²) in [5, 5.41) is 10.8. The molecular weight excluding hydrogens is 388 g/mol. The smallest absolute Gasteiger partial charge is 0.308 e. The normalized spacial score (nSPS) is 53.3. The molecule has 2 unspecified atom stereocenters. The molecule has 9 atom stereocenters. The van der Waals surface area contributed by atoms with Gasteiger partial charge in [-0.25, -0.2) is 0 Å². The molecule has 4 aliphatic carbocycles. The van der Waals surface area contributed by atoms with E-state index in [1.165, 1.54) is 19.3 Å². The van der Waals surface area contributed by atoms with Crippen molar-refractivity contribution in [2.75, 3.05) is 7.11 Å². The molecular formula is C27H42O4. The molecule has 0 radical (unpaired) electrons. The molecule has 1 saturated heterocycles. The van der Waals surface area contributed by atoms with Crippen LogP contribution in [0.4, 0.5) is 0 Å². The molecule has 4 nitrogen and oxygen atoms in total. The summed E-state index contributed by atoms with van der Waals surface area (Å²) in [4.78, 5) is 12.1. The van der Waals surface area contributed by atoms with Gasteiger partial charge in [-0.1, -0.05) is 46.3 Å². The number of allylic oxidation sites excluding steroid dienone is 2. The van der Waals surface area contributed by atoms with Gasteiger partial charge in [0.05, 0.1) is 12.5 Å². The number of aliphatic hydroxyl groups excluding tert-OH is 1. The summed E-state index contributed by atoms with van der Waals surface area (Å²) in [5.74, 6) is 1.71. The third kappa shape index (κ3) is 2.70. The molecule has 174 valence electrons. The Balaban J connectivity index is 1.51. The number of rotatable bonds is 2. The van der Waals surface area contributed by atoms with Gasteiger partial charge in [-0.2, -0.15) is 0 Å². The number of fused-ring (bicyclic) bond motifs is 5. The van der Waals surface area contributed by atoms with Crippen molar-refractivity contribution in [3.05, 3.63) is 11.6 Å². The lowest BCUT2D eigenvalue weighted by Crippen LogP contribution is -2.58. The zero-order valence-electron chi connectivity index (χ0n) is 20.4. The van der Waals surface area contributed by atoms with Gasteiger partial charge in [-0.3, -0.25) is 4.79 Å². The highest BCUT2D eigenvalue weighted by molar-refractivity contribution is 5.72. The summed E-state index contributed by atoms with van der Waals surface area (Å²) in [7, 11) is 1.67. The standard InChI is InChI=1S/C27H42O4/c1-24(2)20-8-7-19-18(25(20,3)12-11-21(24)28)10-14-26(4)17(9-13-27(19,26)5)16-15-22(29)31-23(16)30-6/h7,16-18,20-21,23,28H,8-15H2,1-6H3/t16?,17-,18?,20-,21+,23-,25+,26-,27+/m0/s1. The van der Waals surface area contributed by atoms with E-state index >= 15 is 0 Å². The van der Waals surface area contributed by atoms with Crippen LogP contribution in [0.3, 0.4) is 0 Å². The molecule has 31 heavy (non-hydrogen) atoms. The number of hydrogen-bond acceptors (Lipinski definition) is 4. The van der Waals surface area contributed by atoms with Gasteiger partial charge in [0, 0.05) is 13.0 Å². The van der Waals surface area contributed by atoms with Gasteiger partial charge < -0.3 is 14.6 Å². The Morgan fingerprint density at radius 3 is 2.52 bits per heavy atom. The maximum Gasteiger partial charge on any atom is 0.308 e. The van der Waals surface area contributed by atoms with E-state index in [-0.39, 0.29) is 45.9 Å². The number of carbonyl (C=O) groups is 1. The lowest BCUT2D eigenvalue weighted by atomic mass is 9.41. The highest BCUT2D eigenvalue weighted by Crippen LogP contribution is 2.73. The molecule has 4 fully saturated rings. The van der Waals surface area contributed by atoms with Gasteiger partial charge in [-0.05, 0) is 84.4 Å². The minimum atomic E-state index is -0.378. The summed E-state index contributed by atoms with van der Waals surface area (Å²) in [6.45, 7) is 12.1. The highest BCUT2D eigenvalue weighted by atomic mass is 16.7. The van der Waals surface area contributed by atoms with Crippen LogP contribution in [-0.4, -0.2) is 30.6 Å². The summed E-state index contributed by atoms with van der Waals surface area (Å²) < 4.78 is 11.1. The first-order valence-electron chi connectivity index (χ1n) is 12.6. The van der Waals surface area contributed by atoms with Crippen LogP contribution >= 0.6 is 0 Å². The number of hydrogen-bond donors (Lipinski definition) is 1. The van der Waals surface area contributed by atoms with E-state index in [1.54, 1.807) is 12.7 Å². The van der Waals surface area contributed by atoms with Crippen molar-refractivity contribution in [3.8, 4) is 0 Å². The van der Waals surface area contributed by atoms with E-state index in [4.69, 9.17) is 9.47 Å². The summed E-state index contributed by atoms with van der Waals surface area (Å²) in [6, 6.07) is 0. The number of methoxy groups -OCH3 is 1. The van der Waals surface area contributed by atoms with Crippen molar-refractivity contribution >= 4 is 5.97 Å². The van der Waals surface area contributed by atoms with Gasteiger partial charge >= 0.3 is 5.97 Å². The van der Waals surface area contributed by atoms with Gasteiger partial charge in [0.25, 0.3) is 0 Å². The van der Waals surface area contributed by atoms with Crippen LogP contribution in [0, 0.1) is 45.3 Å². The molecule has 4 heteroatoms. The molecule has 0 bridgehead atoms. The molecule has 1 heterocycles. The quantitative estimate of drug-likeness (QED) is 0.465. The Hall–Kier alpha value is -0.870. The van der Waals surface area contributed by atoms with Gasteiger partial charge in [0.2, 0.25) is 6.29 Å². The van der Waals surface area contributed by atoms with E-state index in [1.807, 2.05) is 0 Å². The molecule has 0 aromatic carbocycles. The minimum Gasteiger partial charge on any atom is -0.435 e. The molecule has 1 N–H and O–H groups in total. The third-order valence-electron chi connectivity index (χ3n) is 11.6. The fraction of sp³-hybridized carbons (Fsp3) is 0.889. The molecule has 5 rings (SSSR count). The Labute approximate surface area is 188 Å². The molecule has 0 aromatic rings. The fourth-order valence-corrected chi connectivity index (χ4v) is 9.54. The number of cyclic esters (lactones) is 1. The first kappa shape index (κ1) is 21.9. The molecule has 3 saturated carbocycles. The van der Waals surface area contributed by atoms with Crippen molar-refractivity contribution in [1.29, 1.82) is 0 Å². The Kier molecular flexibility index (Phi) is 4.83. The average Bonchev–Trinajstić information content (AvgIpc) is 3.21. The van der Waals surface area contributed by atoms with Gasteiger partial charge in [-0.15, -0.1) is 0 Å². The largest absolute Gasteiger partial charge is 0.435 e. The van der Waals surface area contributed by atoms with E-state index < -0.39 is 0 Å². The van der Waals surface area contributed by atoms with Crippen LogP contribution in [-0.2, 0) is 14.3 Å². The predicted octanol–water partition coefficient (Wildman–Crippen LogP) is 5.49. The number of esters is 1. The van der Waals surface area contributed by atoms with Crippen LogP contribution in [0.25, 0.3) is 0 Å². The van der Waals surface area contributed by atoms with Crippen molar-refractivity contribution in [3.63, 3.8) is 0 Å². The number of ether oxygens (including phenoxy) is 2. The van der Waals surface area contributed by atoms with Crippen molar-refractivity contribution in [2.24, 2.45) is 45.3 Å². The van der Waals surface area contributed by atoms with Crippen molar-refractivity contribution in [1.82, 2.24) is 0 Å². The highest BCUT2D eigenvalue weighted by Gasteiger charge is 2.66. The molecule has 0 aromatic heterocycles. The third-order valence-corrected chi connectivity index (χ3v) is 11.6. The average molecular weight is 431 g/mol. The van der Waals surface area contributed by atoms with Crippen LogP contribution in [0.5, 0.6) is 0 Å². The van der Waals surface area contributed by atoms with E-state index in [0.717, 1.165) is 25.7 Å². The van der Waals surface area contributed by atoms with Crippen molar-refractivity contribution < 1.29 is 19.4 Å². The molecule has 0 amide bonds. The first-order chi connectivity index (χ1) is 14.5. The lowest BCUT2D eigenvalue weighted by Gasteiger charge is -2.64.